The van der Waals surface area contributed by atoms with Crippen LogP contribution in [0.15, 0.2) is 24.3 Å². The molecule has 1 aromatic carbocycles. The number of benzene rings is 1. The van der Waals surface area contributed by atoms with Crippen LogP contribution in [0.25, 0.3) is 0 Å². The molecular weight excluding hydrogens is 233 g/mol. The summed E-state index contributed by atoms with van der Waals surface area (Å²) >= 11 is 0. The van der Waals surface area contributed by atoms with E-state index < -0.39 is 11.5 Å². The van der Waals surface area contributed by atoms with Crippen molar-refractivity contribution in [3.8, 4) is 0 Å². The van der Waals surface area contributed by atoms with E-state index in [1.165, 1.54) is 12.1 Å². The fourth-order valence-corrected chi connectivity index (χ4v) is 2.87. The van der Waals surface area contributed by atoms with Crippen molar-refractivity contribution in [1.29, 1.82) is 0 Å². The van der Waals surface area contributed by atoms with E-state index in [-0.39, 0.29) is 11.7 Å². The second-order valence-electron chi connectivity index (χ2n) is 5.31. The zero-order chi connectivity index (χ0) is 12.8. The molecule has 3 rings (SSSR count). The first-order valence-electron chi connectivity index (χ1n) is 6.35. The Morgan fingerprint density at radius 3 is 2.61 bits per heavy atom. The smallest absolute Gasteiger partial charge is 0.233 e. The highest BCUT2D eigenvalue weighted by molar-refractivity contribution is 5.90. The summed E-state index contributed by atoms with van der Waals surface area (Å²) < 4.78 is 13.3. The van der Waals surface area contributed by atoms with Crippen molar-refractivity contribution >= 4 is 5.91 Å². The van der Waals surface area contributed by atoms with Crippen LogP contribution in [0.3, 0.4) is 0 Å². The summed E-state index contributed by atoms with van der Waals surface area (Å²) in [6, 6.07) is 6.35. The van der Waals surface area contributed by atoms with E-state index in [0.717, 1.165) is 24.8 Å². The Labute approximate surface area is 105 Å². The Balaban J connectivity index is 1.88. The normalized spacial score (nSPS) is 22.2. The van der Waals surface area contributed by atoms with Gasteiger partial charge in [-0.05, 0) is 30.5 Å². The maximum absolute atomic E-state index is 13.3. The quantitative estimate of drug-likeness (QED) is 0.861. The largest absolute Gasteiger partial charge is 0.389 e. The van der Waals surface area contributed by atoms with Crippen molar-refractivity contribution in [2.24, 2.45) is 0 Å². The average molecular weight is 249 g/mol. The minimum absolute atomic E-state index is 0.0460. The van der Waals surface area contributed by atoms with Crippen LogP contribution in [-0.2, 0) is 10.2 Å². The van der Waals surface area contributed by atoms with Crippen molar-refractivity contribution in [1.82, 2.24) is 4.90 Å². The molecule has 3 nitrogen and oxygen atoms in total. The Kier molecular flexibility index (Phi) is 2.63. The standard InChI is InChI=1S/C14H16FNO2/c15-11-4-1-3-10(7-11)14(5-2-6-14)13(18)16-8-12(17)9-16/h1,3-4,7,12,17H,2,5-6,8-9H2. The summed E-state index contributed by atoms with van der Waals surface area (Å²) in [5.74, 6) is -0.250. The first-order valence-corrected chi connectivity index (χ1v) is 6.35. The number of carbonyl (C=O) groups is 1. The Morgan fingerprint density at radius 2 is 2.11 bits per heavy atom. The first-order chi connectivity index (χ1) is 8.62. The van der Waals surface area contributed by atoms with E-state index in [0.29, 0.717) is 13.1 Å². The summed E-state index contributed by atoms with van der Waals surface area (Å²) in [4.78, 5) is 14.2. The van der Waals surface area contributed by atoms with Gasteiger partial charge in [-0.2, -0.15) is 0 Å². The van der Waals surface area contributed by atoms with Gasteiger partial charge in [0.2, 0.25) is 5.91 Å². The minimum atomic E-state index is -0.539. The molecular formula is C14H16FNO2. The maximum atomic E-state index is 13.3. The number of rotatable bonds is 2. The molecule has 1 saturated heterocycles. The van der Waals surface area contributed by atoms with Gasteiger partial charge in [-0.25, -0.2) is 4.39 Å². The number of carbonyl (C=O) groups excluding carboxylic acids is 1. The molecule has 2 fully saturated rings. The van der Waals surface area contributed by atoms with Gasteiger partial charge in [0.15, 0.2) is 0 Å². The Bertz CT molecular complexity index is 478. The lowest BCUT2D eigenvalue weighted by atomic mass is 9.63. The highest BCUT2D eigenvalue weighted by Gasteiger charge is 2.49. The van der Waals surface area contributed by atoms with Crippen LogP contribution in [0, 0.1) is 5.82 Å². The summed E-state index contributed by atoms with van der Waals surface area (Å²) in [5.41, 5.74) is 0.238. The minimum Gasteiger partial charge on any atom is -0.389 e. The molecule has 0 aromatic heterocycles. The molecule has 18 heavy (non-hydrogen) atoms. The van der Waals surface area contributed by atoms with Gasteiger partial charge < -0.3 is 10.0 Å². The third-order valence-electron chi connectivity index (χ3n) is 4.14. The molecule has 0 radical (unpaired) electrons. The number of likely N-dealkylation sites (tertiary alicyclic amines) is 1. The number of hydrogen-bond donors (Lipinski definition) is 1. The van der Waals surface area contributed by atoms with Gasteiger partial charge in [-0.1, -0.05) is 18.6 Å². The Morgan fingerprint density at radius 1 is 1.39 bits per heavy atom. The van der Waals surface area contributed by atoms with Crippen LogP contribution in [-0.4, -0.2) is 35.1 Å². The van der Waals surface area contributed by atoms with E-state index in [1.54, 1.807) is 11.0 Å². The molecule has 1 N–H and O–H groups in total. The summed E-state index contributed by atoms with van der Waals surface area (Å²) in [5, 5.41) is 9.28. The fraction of sp³-hybridized carbons (Fsp3) is 0.500. The number of aliphatic hydroxyl groups excluding tert-OH is 1. The number of β-amino-alcohol motifs (C(OH)–C–C–N with tert-alkyl or cyclic N) is 1. The number of halogens is 1. The molecule has 0 atom stereocenters. The van der Waals surface area contributed by atoms with E-state index in [9.17, 15) is 14.3 Å². The van der Waals surface area contributed by atoms with Gasteiger partial charge in [0, 0.05) is 13.1 Å². The molecule has 4 heteroatoms. The topological polar surface area (TPSA) is 40.5 Å². The molecule has 1 aliphatic carbocycles. The average Bonchev–Trinajstić information content (AvgIpc) is 2.23. The van der Waals surface area contributed by atoms with Crippen LogP contribution >= 0.6 is 0 Å². The van der Waals surface area contributed by atoms with Gasteiger partial charge in [-0.15, -0.1) is 0 Å². The summed E-state index contributed by atoms with van der Waals surface area (Å²) in [6.07, 6.45) is 2.17. The second-order valence-corrected chi connectivity index (χ2v) is 5.31. The molecule has 1 amide bonds. The van der Waals surface area contributed by atoms with Crippen LogP contribution in [0.1, 0.15) is 24.8 Å². The van der Waals surface area contributed by atoms with E-state index >= 15 is 0 Å². The van der Waals surface area contributed by atoms with Crippen molar-refractivity contribution in [3.05, 3.63) is 35.6 Å². The molecule has 0 unspecified atom stereocenters. The molecule has 1 heterocycles. The number of aliphatic hydroxyl groups is 1. The third kappa shape index (κ3) is 1.63. The molecule has 1 saturated carbocycles. The number of nitrogens with zero attached hydrogens (tertiary/aromatic N) is 1. The monoisotopic (exact) mass is 249 g/mol. The number of hydrogen-bond acceptors (Lipinski definition) is 2. The SMILES string of the molecule is O=C(N1CC(O)C1)C1(c2cccc(F)c2)CCC1. The highest BCUT2D eigenvalue weighted by Crippen LogP contribution is 2.45. The zero-order valence-electron chi connectivity index (χ0n) is 10.1. The van der Waals surface area contributed by atoms with Crippen molar-refractivity contribution in [2.75, 3.05) is 13.1 Å². The predicted molar refractivity (Wildman–Crippen MR) is 64.5 cm³/mol. The van der Waals surface area contributed by atoms with Crippen LogP contribution in [0.4, 0.5) is 4.39 Å². The lowest BCUT2D eigenvalue weighted by Crippen LogP contribution is -2.60. The molecule has 1 aromatic rings. The van der Waals surface area contributed by atoms with Gasteiger partial charge >= 0.3 is 0 Å². The van der Waals surface area contributed by atoms with Crippen LogP contribution in [0.2, 0.25) is 0 Å². The third-order valence-corrected chi connectivity index (χ3v) is 4.14. The van der Waals surface area contributed by atoms with E-state index in [4.69, 9.17) is 0 Å². The van der Waals surface area contributed by atoms with Gasteiger partial charge in [0.05, 0.1) is 11.5 Å². The number of amides is 1. The van der Waals surface area contributed by atoms with Gasteiger partial charge in [0.25, 0.3) is 0 Å². The molecule has 0 bridgehead atoms. The van der Waals surface area contributed by atoms with Crippen molar-refractivity contribution < 1.29 is 14.3 Å². The lowest BCUT2D eigenvalue weighted by molar-refractivity contribution is -0.151. The van der Waals surface area contributed by atoms with Crippen LogP contribution < -0.4 is 0 Å². The summed E-state index contributed by atoms with van der Waals surface area (Å²) in [7, 11) is 0. The molecule has 0 spiro atoms. The maximum Gasteiger partial charge on any atom is 0.233 e. The summed E-state index contributed by atoms with van der Waals surface area (Å²) in [6.45, 7) is 0.825. The molecule has 1 aliphatic heterocycles. The fourth-order valence-electron chi connectivity index (χ4n) is 2.87. The van der Waals surface area contributed by atoms with E-state index in [2.05, 4.69) is 0 Å². The van der Waals surface area contributed by atoms with Gasteiger partial charge in [0.1, 0.15) is 5.82 Å². The van der Waals surface area contributed by atoms with Crippen molar-refractivity contribution in [3.63, 3.8) is 0 Å². The van der Waals surface area contributed by atoms with Gasteiger partial charge in [-0.3, -0.25) is 4.79 Å². The highest BCUT2D eigenvalue weighted by atomic mass is 19.1. The van der Waals surface area contributed by atoms with Crippen LogP contribution in [0.5, 0.6) is 0 Å². The van der Waals surface area contributed by atoms with E-state index in [1.807, 2.05) is 6.07 Å². The van der Waals surface area contributed by atoms with Crippen molar-refractivity contribution in [2.45, 2.75) is 30.8 Å². The second kappa shape index (κ2) is 4.05. The lowest BCUT2D eigenvalue weighted by Gasteiger charge is -2.47. The predicted octanol–water partition coefficient (Wildman–Crippen LogP) is 1.45. The first kappa shape index (κ1) is 11.7. The molecule has 96 valence electrons. The zero-order valence-corrected chi connectivity index (χ0v) is 10.1. The Hall–Kier alpha value is -1.42. The molecule has 2 aliphatic rings.